The summed E-state index contributed by atoms with van der Waals surface area (Å²) in [4.78, 5) is 37.4. The van der Waals surface area contributed by atoms with Gasteiger partial charge in [-0.1, -0.05) is 48.5 Å². The molecule has 0 saturated carbocycles. The van der Waals surface area contributed by atoms with Gasteiger partial charge in [0.25, 0.3) is 5.91 Å². The number of urea groups is 1. The number of carbonyl (C=O) groups is 3. The molecule has 4 aromatic rings. The van der Waals surface area contributed by atoms with Crippen molar-refractivity contribution in [3.63, 3.8) is 0 Å². The fourth-order valence-electron chi connectivity index (χ4n) is 3.08. The monoisotopic (exact) mass is 448 g/mol. The second-order valence-corrected chi connectivity index (χ2v) is 7.99. The van der Waals surface area contributed by atoms with E-state index in [1.54, 1.807) is 10.7 Å². The van der Waals surface area contributed by atoms with Crippen molar-refractivity contribution in [2.24, 2.45) is 0 Å². The van der Waals surface area contributed by atoms with Gasteiger partial charge in [-0.25, -0.2) is 14.3 Å². The molecule has 0 atom stereocenters. The first-order valence-corrected chi connectivity index (χ1v) is 10.7. The normalized spacial score (nSPS) is 10.7. The summed E-state index contributed by atoms with van der Waals surface area (Å²) in [6.07, 6.45) is 0. The van der Waals surface area contributed by atoms with Gasteiger partial charge >= 0.3 is 12.0 Å². The van der Waals surface area contributed by atoms with Crippen LogP contribution < -0.4 is 10.6 Å². The number of esters is 1. The number of thiophene rings is 1. The maximum atomic E-state index is 12.5. The molecule has 2 aromatic carbocycles. The average molecular weight is 449 g/mol. The minimum atomic E-state index is -0.711. The number of aromatic nitrogens is 2. The minimum Gasteiger partial charge on any atom is -0.451 e. The molecular weight excluding hydrogens is 428 g/mol. The Morgan fingerprint density at radius 3 is 2.44 bits per heavy atom. The third-order valence-corrected chi connectivity index (χ3v) is 5.72. The maximum Gasteiger partial charge on any atom is 0.348 e. The SMILES string of the molecule is Cc1nn(-c2ccccc2)c2sc(C(=O)OCC(=O)NC(=O)NCc3ccccc3)cc12. The maximum absolute atomic E-state index is 12.5. The zero-order chi connectivity index (χ0) is 22.5. The summed E-state index contributed by atoms with van der Waals surface area (Å²) in [5.41, 5.74) is 2.57. The van der Waals surface area contributed by atoms with Gasteiger partial charge in [0.1, 0.15) is 9.71 Å². The summed E-state index contributed by atoms with van der Waals surface area (Å²) in [6.45, 7) is 1.58. The molecule has 2 aromatic heterocycles. The smallest absolute Gasteiger partial charge is 0.348 e. The molecule has 8 nitrogen and oxygen atoms in total. The predicted molar refractivity (Wildman–Crippen MR) is 121 cm³/mol. The molecule has 0 aliphatic carbocycles. The van der Waals surface area contributed by atoms with Gasteiger partial charge in [0.2, 0.25) is 0 Å². The molecule has 3 amide bonds. The second-order valence-electron chi connectivity index (χ2n) is 6.95. The summed E-state index contributed by atoms with van der Waals surface area (Å²) in [5.74, 6) is -1.35. The topological polar surface area (TPSA) is 102 Å². The van der Waals surface area contributed by atoms with E-state index in [2.05, 4.69) is 15.7 Å². The van der Waals surface area contributed by atoms with Crippen molar-refractivity contribution in [3.8, 4) is 5.69 Å². The molecule has 4 rings (SSSR count). The van der Waals surface area contributed by atoms with Crippen molar-refractivity contribution in [1.82, 2.24) is 20.4 Å². The number of carbonyl (C=O) groups excluding carboxylic acids is 3. The fraction of sp³-hybridized carbons (Fsp3) is 0.130. The number of nitrogens with one attached hydrogen (secondary N) is 2. The number of imide groups is 1. The van der Waals surface area contributed by atoms with Gasteiger partial charge in [-0.05, 0) is 30.7 Å². The van der Waals surface area contributed by atoms with Crippen LogP contribution in [0, 0.1) is 6.92 Å². The van der Waals surface area contributed by atoms with E-state index in [0.29, 0.717) is 4.88 Å². The van der Waals surface area contributed by atoms with Crippen LogP contribution in [0.15, 0.2) is 66.7 Å². The summed E-state index contributed by atoms with van der Waals surface area (Å²) >= 11 is 1.23. The highest BCUT2D eigenvalue weighted by Gasteiger charge is 2.19. The van der Waals surface area contributed by atoms with Crippen molar-refractivity contribution in [1.29, 1.82) is 0 Å². The van der Waals surface area contributed by atoms with Crippen LogP contribution in [0.5, 0.6) is 0 Å². The quantitative estimate of drug-likeness (QED) is 0.439. The Kier molecular flexibility index (Phi) is 6.27. The Morgan fingerprint density at radius 1 is 1.03 bits per heavy atom. The van der Waals surface area contributed by atoms with Crippen LogP contribution in [0.3, 0.4) is 0 Å². The Morgan fingerprint density at radius 2 is 1.72 bits per heavy atom. The van der Waals surface area contributed by atoms with Crippen LogP contribution >= 0.6 is 11.3 Å². The standard InChI is InChI=1S/C23H20N4O4S/c1-15-18-12-19(32-21(18)27(26-15)17-10-6-3-7-11-17)22(29)31-14-20(28)25-23(30)24-13-16-8-4-2-5-9-16/h2-12H,13-14H2,1H3,(H2,24,25,28,30). The van der Waals surface area contributed by atoms with Gasteiger partial charge in [0.05, 0.1) is 11.4 Å². The Labute approximate surface area is 187 Å². The highest BCUT2D eigenvalue weighted by Crippen LogP contribution is 2.30. The molecule has 0 unspecified atom stereocenters. The van der Waals surface area contributed by atoms with Gasteiger partial charge in [-0.3, -0.25) is 10.1 Å². The number of aryl methyl sites for hydroxylation is 1. The highest BCUT2D eigenvalue weighted by molar-refractivity contribution is 7.20. The van der Waals surface area contributed by atoms with Gasteiger partial charge in [-0.15, -0.1) is 11.3 Å². The number of rotatable bonds is 6. The Balaban J connectivity index is 1.34. The number of fused-ring (bicyclic) bond motifs is 1. The summed E-state index contributed by atoms with van der Waals surface area (Å²) in [5, 5.41) is 10.1. The summed E-state index contributed by atoms with van der Waals surface area (Å²) in [7, 11) is 0. The minimum absolute atomic E-state index is 0.277. The number of hydrogen-bond donors (Lipinski definition) is 2. The Bertz CT molecular complexity index is 1270. The van der Waals surface area contributed by atoms with Crippen molar-refractivity contribution in [3.05, 3.63) is 82.9 Å². The molecule has 0 bridgehead atoms. The molecular formula is C23H20N4O4S. The van der Waals surface area contributed by atoms with Gasteiger partial charge < -0.3 is 10.1 Å². The first-order chi connectivity index (χ1) is 15.5. The molecule has 0 spiro atoms. The Hall–Kier alpha value is -3.98. The molecule has 0 aliphatic heterocycles. The largest absolute Gasteiger partial charge is 0.451 e. The lowest BCUT2D eigenvalue weighted by Gasteiger charge is -2.07. The molecule has 2 heterocycles. The first-order valence-electron chi connectivity index (χ1n) is 9.84. The number of para-hydroxylation sites is 1. The molecule has 32 heavy (non-hydrogen) atoms. The van der Waals surface area contributed by atoms with E-state index in [0.717, 1.165) is 27.2 Å². The molecule has 0 aliphatic rings. The van der Waals surface area contributed by atoms with Crippen LogP contribution in [0.2, 0.25) is 0 Å². The van der Waals surface area contributed by atoms with E-state index in [1.165, 1.54) is 11.3 Å². The van der Waals surface area contributed by atoms with E-state index in [1.807, 2.05) is 67.6 Å². The zero-order valence-electron chi connectivity index (χ0n) is 17.2. The third kappa shape index (κ3) is 4.84. The number of nitrogens with zero attached hydrogens (tertiary/aromatic N) is 2. The van der Waals surface area contributed by atoms with Gasteiger partial charge in [0, 0.05) is 11.9 Å². The zero-order valence-corrected chi connectivity index (χ0v) is 18.0. The van der Waals surface area contributed by atoms with Crippen molar-refractivity contribution in [2.75, 3.05) is 6.61 Å². The molecule has 9 heteroatoms. The third-order valence-electron chi connectivity index (χ3n) is 4.63. The van der Waals surface area contributed by atoms with Gasteiger partial charge in [0.15, 0.2) is 6.61 Å². The summed E-state index contributed by atoms with van der Waals surface area (Å²) < 4.78 is 6.86. The van der Waals surface area contributed by atoms with Crippen molar-refractivity contribution >= 4 is 39.5 Å². The summed E-state index contributed by atoms with van der Waals surface area (Å²) in [6, 6.07) is 19.9. The lowest BCUT2D eigenvalue weighted by molar-refractivity contribution is -0.123. The second kappa shape index (κ2) is 9.44. The molecule has 0 saturated heterocycles. The van der Waals surface area contributed by atoms with E-state index in [4.69, 9.17) is 4.74 Å². The first kappa shape index (κ1) is 21.3. The fourth-order valence-corrected chi connectivity index (χ4v) is 4.16. The van der Waals surface area contributed by atoms with Crippen LogP contribution in [0.1, 0.15) is 20.9 Å². The molecule has 0 radical (unpaired) electrons. The van der Waals surface area contributed by atoms with E-state index < -0.39 is 24.5 Å². The average Bonchev–Trinajstić information content (AvgIpc) is 3.38. The van der Waals surface area contributed by atoms with Crippen LogP contribution in [-0.2, 0) is 16.1 Å². The molecule has 0 fully saturated rings. The highest BCUT2D eigenvalue weighted by atomic mass is 32.1. The number of ether oxygens (including phenoxy) is 1. The van der Waals surface area contributed by atoms with Crippen LogP contribution in [0.4, 0.5) is 4.79 Å². The van der Waals surface area contributed by atoms with Crippen molar-refractivity contribution < 1.29 is 19.1 Å². The predicted octanol–water partition coefficient (Wildman–Crippen LogP) is 3.58. The van der Waals surface area contributed by atoms with Crippen LogP contribution in [-0.4, -0.2) is 34.3 Å². The van der Waals surface area contributed by atoms with Gasteiger partial charge in [-0.2, -0.15) is 5.10 Å². The number of hydrogen-bond acceptors (Lipinski definition) is 6. The van der Waals surface area contributed by atoms with Crippen molar-refractivity contribution in [2.45, 2.75) is 13.5 Å². The lowest BCUT2D eigenvalue weighted by Crippen LogP contribution is -2.41. The molecule has 2 N–H and O–H groups in total. The van der Waals surface area contributed by atoms with E-state index in [9.17, 15) is 14.4 Å². The lowest BCUT2D eigenvalue weighted by atomic mass is 10.2. The van der Waals surface area contributed by atoms with E-state index in [-0.39, 0.29) is 6.54 Å². The van der Waals surface area contributed by atoms with E-state index >= 15 is 0 Å². The molecule has 162 valence electrons. The van der Waals surface area contributed by atoms with Crippen LogP contribution in [0.25, 0.3) is 15.9 Å². The number of amides is 3. The number of benzene rings is 2.